The molecule has 1 aliphatic heterocycles. The molecule has 1 N–H and O–H groups in total. The highest BCUT2D eigenvalue weighted by atomic mass is 32.1. The number of para-hydroxylation sites is 1. The summed E-state index contributed by atoms with van der Waals surface area (Å²) in [5, 5.41) is 20.5. The third-order valence-corrected chi connectivity index (χ3v) is 6.71. The van der Waals surface area contributed by atoms with E-state index in [0.717, 1.165) is 65.1 Å². The van der Waals surface area contributed by atoms with Crippen LogP contribution in [0.4, 0.5) is 0 Å². The second-order valence-electron chi connectivity index (χ2n) is 8.36. The van der Waals surface area contributed by atoms with Crippen LogP contribution in [0.25, 0.3) is 15.9 Å². The molecular weight excluding hydrogens is 436 g/mol. The maximum Gasteiger partial charge on any atom is 0.121 e. The number of fused-ring (bicyclic) bond motifs is 1. The monoisotopic (exact) mass is 464 g/mol. The first-order chi connectivity index (χ1) is 16.1. The van der Waals surface area contributed by atoms with Gasteiger partial charge in [-0.1, -0.05) is 18.2 Å². The number of nitrogens with zero attached hydrogens (tertiary/aromatic N) is 6. The second-order valence-corrected chi connectivity index (χ2v) is 9.60. The molecule has 172 valence electrons. The summed E-state index contributed by atoms with van der Waals surface area (Å²) in [5.74, 6) is 0.750. The van der Waals surface area contributed by atoms with Crippen LogP contribution in [-0.4, -0.2) is 80.3 Å². The van der Waals surface area contributed by atoms with E-state index < -0.39 is 6.10 Å². The lowest BCUT2D eigenvalue weighted by Gasteiger charge is -2.35. The van der Waals surface area contributed by atoms with Gasteiger partial charge < -0.3 is 9.84 Å². The Morgan fingerprint density at radius 2 is 1.85 bits per heavy atom. The molecule has 3 heterocycles. The average Bonchev–Trinajstić information content (AvgIpc) is 3.45. The standard InChI is InChI=1S/C24H28N6O2S/c1-18-26-23-13-22(7-8-24(23)33-18)32-17-21(31)16-29-11-9-28(10-12-29)15-19-14-25-30(27-19)20-5-3-2-4-6-20/h2-8,13-14,21,31H,9-12,15-17H2,1H3/t21-/m0/s1. The van der Waals surface area contributed by atoms with Crippen LogP contribution in [0.1, 0.15) is 10.7 Å². The van der Waals surface area contributed by atoms with Crippen molar-refractivity contribution in [3.8, 4) is 11.4 Å². The third kappa shape index (κ3) is 5.56. The SMILES string of the molecule is Cc1nc2cc(OC[C@@H](O)CN3CCN(Cc4cnn(-c5ccccc5)n4)CC3)ccc2s1. The minimum absolute atomic E-state index is 0.275. The van der Waals surface area contributed by atoms with Crippen molar-refractivity contribution in [1.29, 1.82) is 0 Å². The van der Waals surface area contributed by atoms with Crippen molar-refractivity contribution in [3.05, 3.63) is 65.4 Å². The molecule has 33 heavy (non-hydrogen) atoms. The van der Waals surface area contributed by atoms with Crippen LogP contribution in [0.2, 0.25) is 0 Å². The molecule has 1 aliphatic rings. The van der Waals surface area contributed by atoms with E-state index in [0.29, 0.717) is 6.54 Å². The van der Waals surface area contributed by atoms with E-state index in [-0.39, 0.29) is 6.61 Å². The zero-order chi connectivity index (χ0) is 22.6. The lowest BCUT2D eigenvalue weighted by atomic mass is 10.2. The zero-order valence-corrected chi connectivity index (χ0v) is 19.5. The van der Waals surface area contributed by atoms with Gasteiger partial charge in [-0.3, -0.25) is 9.80 Å². The van der Waals surface area contributed by atoms with Crippen LogP contribution in [0, 0.1) is 6.92 Å². The summed E-state index contributed by atoms with van der Waals surface area (Å²) in [7, 11) is 0. The van der Waals surface area contributed by atoms with E-state index in [9.17, 15) is 5.11 Å². The van der Waals surface area contributed by atoms with Gasteiger partial charge in [0, 0.05) is 45.3 Å². The van der Waals surface area contributed by atoms with E-state index in [1.165, 1.54) is 0 Å². The molecule has 0 aliphatic carbocycles. The van der Waals surface area contributed by atoms with Crippen molar-refractivity contribution in [2.45, 2.75) is 19.6 Å². The van der Waals surface area contributed by atoms with Gasteiger partial charge in [0.25, 0.3) is 0 Å². The van der Waals surface area contributed by atoms with Gasteiger partial charge in [-0.05, 0) is 31.2 Å². The first-order valence-electron chi connectivity index (χ1n) is 11.2. The first kappa shape index (κ1) is 22.0. The van der Waals surface area contributed by atoms with Gasteiger partial charge in [-0.2, -0.15) is 15.0 Å². The van der Waals surface area contributed by atoms with Gasteiger partial charge in [0.05, 0.1) is 32.8 Å². The average molecular weight is 465 g/mol. The fraction of sp³-hybridized carbons (Fsp3) is 0.375. The number of thiazole rings is 1. The molecule has 4 aromatic rings. The summed E-state index contributed by atoms with van der Waals surface area (Å²) in [6.07, 6.45) is 1.31. The van der Waals surface area contributed by atoms with Crippen LogP contribution in [-0.2, 0) is 6.54 Å². The highest BCUT2D eigenvalue weighted by molar-refractivity contribution is 7.18. The quantitative estimate of drug-likeness (QED) is 0.430. The molecule has 9 heteroatoms. The fourth-order valence-corrected chi connectivity index (χ4v) is 4.87. The molecule has 8 nitrogen and oxygen atoms in total. The lowest BCUT2D eigenvalue weighted by Crippen LogP contribution is -2.48. The Morgan fingerprint density at radius 1 is 1.06 bits per heavy atom. The van der Waals surface area contributed by atoms with Crippen LogP contribution >= 0.6 is 11.3 Å². The Bertz CT molecular complexity index is 1190. The van der Waals surface area contributed by atoms with Gasteiger partial charge >= 0.3 is 0 Å². The predicted molar refractivity (Wildman–Crippen MR) is 129 cm³/mol. The summed E-state index contributed by atoms with van der Waals surface area (Å²) in [6, 6.07) is 15.9. The number of benzene rings is 2. The summed E-state index contributed by atoms with van der Waals surface area (Å²) < 4.78 is 6.98. The highest BCUT2D eigenvalue weighted by Crippen LogP contribution is 2.25. The number of hydrogen-bond donors (Lipinski definition) is 1. The zero-order valence-electron chi connectivity index (χ0n) is 18.7. The molecule has 0 unspecified atom stereocenters. The van der Waals surface area contributed by atoms with Crippen LogP contribution in [0.3, 0.4) is 0 Å². The van der Waals surface area contributed by atoms with Crippen molar-refractivity contribution in [1.82, 2.24) is 29.8 Å². The Balaban J connectivity index is 1.05. The maximum absolute atomic E-state index is 10.5. The number of piperazine rings is 1. The smallest absolute Gasteiger partial charge is 0.121 e. The van der Waals surface area contributed by atoms with Crippen molar-refractivity contribution in [2.24, 2.45) is 0 Å². The summed E-state index contributed by atoms with van der Waals surface area (Å²) in [4.78, 5) is 10.8. The molecule has 1 saturated heterocycles. The fourth-order valence-electron chi connectivity index (χ4n) is 4.07. The molecular formula is C24H28N6O2S. The van der Waals surface area contributed by atoms with E-state index in [1.54, 1.807) is 16.1 Å². The van der Waals surface area contributed by atoms with Crippen molar-refractivity contribution in [2.75, 3.05) is 39.3 Å². The number of hydrogen-bond acceptors (Lipinski definition) is 8. The number of β-amino-alcohol motifs (C(OH)–C–C–N with tert-alkyl or cyclic N) is 1. The molecule has 0 saturated carbocycles. The first-order valence-corrected chi connectivity index (χ1v) is 12.0. The minimum Gasteiger partial charge on any atom is -0.491 e. The van der Waals surface area contributed by atoms with E-state index in [4.69, 9.17) is 4.74 Å². The predicted octanol–water partition coefficient (Wildman–Crippen LogP) is 2.74. The highest BCUT2D eigenvalue weighted by Gasteiger charge is 2.20. The molecule has 2 aromatic heterocycles. The number of aromatic nitrogens is 4. The van der Waals surface area contributed by atoms with Crippen LogP contribution in [0.5, 0.6) is 5.75 Å². The largest absolute Gasteiger partial charge is 0.491 e. The van der Waals surface area contributed by atoms with E-state index >= 15 is 0 Å². The van der Waals surface area contributed by atoms with Crippen molar-refractivity contribution < 1.29 is 9.84 Å². The second kappa shape index (κ2) is 9.96. The van der Waals surface area contributed by atoms with Gasteiger partial charge in [0.1, 0.15) is 18.5 Å². The molecule has 0 amide bonds. The minimum atomic E-state index is -0.532. The molecule has 0 bridgehead atoms. The molecule has 1 fully saturated rings. The molecule has 0 spiro atoms. The van der Waals surface area contributed by atoms with Crippen LogP contribution < -0.4 is 4.74 Å². The van der Waals surface area contributed by atoms with Gasteiger partial charge in [-0.15, -0.1) is 11.3 Å². The molecule has 5 rings (SSSR count). The summed E-state index contributed by atoms with van der Waals surface area (Å²) in [5.41, 5.74) is 2.88. The van der Waals surface area contributed by atoms with Crippen molar-refractivity contribution >= 4 is 21.6 Å². The number of aryl methyl sites for hydroxylation is 1. The maximum atomic E-state index is 10.5. The normalized spacial score (nSPS) is 16.3. The van der Waals surface area contributed by atoms with Crippen molar-refractivity contribution in [3.63, 3.8) is 0 Å². The summed E-state index contributed by atoms with van der Waals surface area (Å²) in [6.45, 7) is 7.36. The number of aliphatic hydroxyl groups is 1. The summed E-state index contributed by atoms with van der Waals surface area (Å²) >= 11 is 1.67. The van der Waals surface area contributed by atoms with E-state index in [1.807, 2.05) is 61.7 Å². The van der Waals surface area contributed by atoms with E-state index in [2.05, 4.69) is 25.0 Å². The molecule has 2 aromatic carbocycles. The Morgan fingerprint density at radius 3 is 2.67 bits per heavy atom. The third-order valence-electron chi connectivity index (χ3n) is 5.75. The Hall–Kier alpha value is -2.85. The molecule has 1 atom stereocenters. The number of ether oxygens (including phenoxy) is 1. The Labute approximate surface area is 197 Å². The van der Waals surface area contributed by atoms with Crippen LogP contribution in [0.15, 0.2) is 54.7 Å². The van der Waals surface area contributed by atoms with Gasteiger partial charge in [0.15, 0.2) is 0 Å². The topological polar surface area (TPSA) is 79.5 Å². The molecule has 0 radical (unpaired) electrons. The van der Waals surface area contributed by atoms with Gasteiger partial charge in [-0.25, -0.2) is 4.98 Å². The lowest BCUT2D eigenvalue weighted by molar-refractivity contribution is 0.0444. The number of rotatable bonds is 8. The number of aliphatic hydroxyl groups excluding tert-OH is 1. The Kier molecular flexibility index (Phi) is 6.63. The van der Waals surface area contributed by atoms with Gasteiger partial charge in [0.2, 0.25) is 0 Å².